The summed E-state index contributed by atoms with van der Waals surface area (Å²) in [7, 11) is 0. The molecule has 2 aromatic carbocycles. The molecule has 2 unspecified atom stereocenters. The molecule has 1 saturated heterocycles. The van der Waals surface area contributed by atoms with E-state index in [0.29, 0.717) is 18.4 Å². The number of amidine groups is 1. The number of halogens is 1. The zero-order chi connectivity index (χ0) is 21.5. The number of fused-ring (bicyclic) bond motifs is 1. The smallest absolute Gasteiger partial charge is 0.325 e. The Morgan fingerprint density at radius 2 is 1.90 bits per heavy atom. The van der Waals surface area contributed by atoms with Gasteiger partial charge in [0.05, 0.1) is 0 Å². The largest absolute Gasteiger partial charge is 0.329 e. The highest BCUT2D eigenvalue weighted by Gasteiger charge is 2.39. The third kappa shape index (κ3) is 3.81. The second-order valence-electron chi connectivity index (χ2n) is 8.64. The number of nitrogens with one attached hydrogen (secondary N) is 1. The number of carbonyl (C=O) groups is 1. The lowest BCUT2D eigenvalue weighted by Gasteiger charge is -2.28. The van der Waals surface area contributed by atoms with Gasteiger partial charge in [0.1, 0.15) is 18.3 Å². The topological polar surface area (TPSA) is 51.2 Å². The molecule has 0 aliphatic carbocycles. The van der Waals surface area contributed by atoms with Gasteiger partial charge in [-0.2, -0.15) is 0 Å². The number of para-hydroxylation sites is 1. The van der Waals surface area contributed by atoms with Crippen molar-refractivity contribution in [2.24, 2.45) is 16.8 Å². The van der Waals surface area contributed by atoms with Crippen LogP contribution in [0.5, 0.6) is 0 Å². The van der Waals surface area contributed by atoms with E-state index in [-0.39, 0.29) is 17.8 Å². The number of hydrogen-bond donors (Lipinski definition) is 1. The van der Waals surface area contributed by atoms with E-state index in [1.165, 1.54) is 12.1 Å². The summed E-state index contributed by atoms with van der Waals surface area (Å²) in [4.78, 5) is 23.7. The van der Waals surface area contributed by atoms with E-state index in [9.17, 15) is 9.18 Å². The van der Waals surface area contributed by atoms with Crippen molar-refractivity contribution in [2.75, 3.05) is 24.7 Å². The zero-order valence-electron chi connectivity index (χ0n) is 17.8. The van der Waals surface area contributed by atoms with Crippen LogP contribution in [0.2, 0.25) is 0 Å². The number of amides is 2. The van der Waals surface area contributed by atoms with Gasteiger partial charge in [-0.25, -0.2) is 14.2 Å². The molecule has 3 aliphatic heterocycles. The fourth-order valence-corrected chi connectivity index (χ4v) is 4.67. The highest BCUT2D eigenvalue weighted by Crippen LogP contribution is 2.31. The van der Waals surface area contributed by atoms with Crippen LogP contribution in [0, 0.1) is 24.6 Å². The lowest BCUT2D eigenvalue weighted by Crippen LogP contribution is -2.49. The molecule has 31 heavy (non-hydrogen) atoms. The maximum Gasteiger partial charge on any atom is 0.329 e. The van der Waals surface area contributed by atoms with Crippen molar-refractivity contribution in [1.29, 1.82) is 0 Å². The maximum atomic E-state index is 13.2. The molecule has 6 nitrogen and oxygen atoms in total. The highest BCUT2D eigenvalue weighted by atomic mass is 19.1. The minimum absolute atomic E-state index is 0.128. The molecule has 7 heteroatoms. The summed E-state index contributed by atoms with van der Waals surface area (Å²) in [6, 6.07) is 14.7. The van der Waals surface area contributed by atoms with Crippen molar-refractivity contribution in [3.8, 4) is 0 Å². The summed E-state index contributed by atoms with van der Waals surface area (Å²) in [5.41, 5.74) is 3.32. The minimum Gasteiger partial charge on any atom is -0.325 e. The van der Waals surface area contributed by atoms with E-state index in [1.54, 1.807) is 4.90 Å². The zero-order valence-corrected chi connectivity index (χ0v) is 17.8. The van der Waals surface area contributed by atoms with Crippen LogP contribution in [0.4, 0.5) is 14.9 Å². The Morgan fingerprint density at radius 1 is 1.13 bits per heavy atom. The van der Waals surface area contributed by atoms with E-state index in [1.807, 2.05) is 30.5 Å². The van der Waals surface area contributed by atoms with Crippen molar-refractivity contribution < 1.29 is 9.18 Å². The van der Waals surface area contributed by atoms with Crippen LogP contribution in [0.15, 0.2) is 65.5 Å². The van der Waals surface area contributed by atoms with E-state index in [4.69, 9.17) is 4.99 Å². The van der Waals surface area contributed by atoms with Crippen molar-refractivity contribution in [3.05, 3.63) is 77.5 Å². The molecular formula is C24H26FN5O. The molecule has 0 aromatic heterocycles. The molecule has 0 radical (unpaired) electrons. The number of hydrogen-bond acceptors (Lipinski definition) is 4. The Bertz CT molecular complexity index is 1060. The summed E-state index contributed by atoms with van der Waals surface area (Å²) in [6.45, 7) is 7.20. The first-order valence-corrected chi connectivity index (χ1v) is 10.7. The summed E-state index contributed by atoms with van der Waals surface area (Å²) < 4.78 is 13.2. The van der Waals surface area contributed by atoms with E-state index in [0.717, 1.165) is 42.3 Å². The second kappa shape index (κ2) is 7.81. The van der Waals surface area contributed by atoms with Gasteiger partial charge in [-0.05, 0) is 42.2 Å². The first kappa shape index (κ1) is 19.8. The van der Waals surface area contributed by atoms with Gasteiger partial charge in [-0.15, -0.1) is 0 Å². The van der Waals surface area contributed by atoms with Crippen molar-refractivity contribution >= 4 is 17.6 Å². The number of urea groups is 1. The lowest BCUT2D eigenvalue weighted by molar-refractivity contribution is 0.216. The van der Waals surface area contributed by atoms with Crippen LogP contribution in [0.25, 0.3) is 0 Å². The number of rotatable bonds is 4. The Kier molecular flexibility index (Phi) is 4.98. The van der Waals surface area contributed by atoms with Crippen molar-refractivity contribution in [1.82, 2.24) is 15.1 Å². The SMILES string of the molecule is Cc1ccccc1N1C=C2N=C(C3CN(Cc4ccc(F)cc4)CC3C)NC(=O)N2C1. The van der Waals surface area contributed by atoms with Crippen LogP contribution >= 0.6 is 0 Å². The molecule has 0 saturated carbocycles. The Morgan fingerprint density at radius 3 is 2.68 bits per heavy atom. The molecule has 2 atom stereocenters. The Labute approximate surface area is 181 Å². The normalized spacial score (nSPS) is 23.5. The molecule has 3 aliphatic rings. The minimum atomic E-state index is -0.218. The molecule has 1 fully saturated rings. The molecule has 2 aromatic rings. The first-order valence-electron chi connectivity index (χ1n) is 10.7. The summed E-state index contributed by atoms with van der Waals surface area (Å²) >= 11 is 0. The van der Waals surface area contributed by atoms with Gasteiger partial charge < -0.3 is 4.90 Å². The number of aryl methyl sites for hydroxylation is 1. The number of anilines is 1. The highest BCUT2D eigenvalue weighted by molar-refractivity contribution is 6.02. The fourth-order valence-electron chi connectivity index (χ4n) is 4.67. The monoisotopic (exact) mass is 419 g/mol. The molecule has 5 rings (SSSR count). The van der Waals surface area contributed by atoms with E-state index < -0.39 is 0 Å². The second-order valence-corrected chi connectivity index (χ2v) is 8.64. The van der Waals surface area contributed by atoms with Crippen molar-refractivity contribution in [2.45, 2.75) is 20.4 Å². The average Bonchev–Trinajstić information content (AvgIpc) is 3.33. The van der Waals surface area contributed by atoms with E-state index >= 15 is 0 Å². The van der Waals surface area contributed by atoms with Gasteiger partial charge in [0.15, 0.2) is 5.82 Å². The van der Waals surface area contributed by atoms with Gasteiger partial charge >= 0.3 is 6.03 Å². The van der Waals surface area contributed by atoms with Gasteiger partial charge in [0, 0.05) is 37.4 Å². The molecule has 1 N–H and O–H groups in total. The van der Waals surface area contributed by atoms with Crippen molar-refractivity contribution in [3.63, 3.8) is 0 Å². The van der Waals surface area contributed by atoms with Gasteiger partial charge in [0.25, 0.3) is 0 Å². The third-order valence-electron chi connectivity index (χ3n) is 6.34. The molecule has 160 valence electrons. The molecular weight excluding hydrogens is 393 g/mol. The average molecular weight is 420 g/mol. The molecule has 0 bridgehead atoms. The van der Waals surface area contributed by atoms with Gasteiger partial charge in [-0.3, -0.25) is 15.1 Å². The number of aliphatic imine (C=N–C) groups is 1. The third-order valence-corrected chi connectivity index (χ3v) is 6.34. The molecule has 3 heterocycles. The summed E-state index contributed by atoms with van der Waals surface area (Å²) in [6.07, 6.45) is 1.96. The molecule has 2 amide bonds. The summed E-state index contributed by atoms with van der Waals surface area (Å²) in [5.74, 6) is 1.73. The standard InChI is InChI=1S/C24H26FN5O/c1-16-5-3-4-6-21(16)29-14-22-26-23(27-24(31)30(22)15-29)20-13-28(11-17(20)2)12-18-7-9-19(25)10-8-18/h3-10,14,17,20H,11-13,15H2,1-2H3,(H,26,27,31). The van der Waals surface area contributed by atoms with Gasteiger partial charge in [-0.1, -0.05) is 37.3 Å². The molecule has 0 spiro atoms. The van der Waals surface area contributed by atoms with Crippen LogP contribution in [-0.2, 0) is 6.54 Å². The number of likely N-dealkylation sites (tertiary alicyclic amines) is 1. The fraction of sp³-hybridized carbons (Fsp3) is 0.333. The predicted molar refractivity (Wildman–Crippen MR) is 119 cm³/mol. The number of benzene rings is 2. The Hall–Kier alpha value is -3.19. The Balaban J connectivity index is 1.34. The van der Waals surface area contributed by atoms with Gasteiger partial charge in [0.2, 0.25) is 0 Å². The van der Waals surface area contributed by atoms with Crippen LogP contribution in [-0.4, -0.2) is 41.4 Å². The van der Waals surface area contributed by atoms with Crippen LogP contribution in [0.1, 0.15) is 18.1 Å². The quantitative estimate of drug-likeness (QED) is 0.818. The maximum absolute atomic E-state index is 13.2. The van der Waals surface area contributed by atoms with Crippen LogP contribution in [0.3, 0.4) is 0 Å². The van der Waals surface area contributed by atoms with E-state index in [2.05, 4.69) is 41.1 Å². The first-order chi connectivity index (χ1) is 15.0. The predicted octanol–water partition coefficient (Wildman–Crippen LogP) is 3.90. The lowest BCUT2D eigenvalue weighted by atomic mass is 9.96. The number of carbonyl (C=O) groups excluding carboxylic acids is 1. The number of nitrogens with zero attached hydrogens (tertiary/aromatic N) is 4. The summed E-state index contributed by atoms with van der Waals surface area (Å²) in [5, 5.41) is 3.03. The van der Waals surface area contributed by atoms with Crippen LogP contribution < -0.4 is 10.2 Å².